The topological polar surface area (TPSA) is 26.3 Å². The number of rotatable bonds is 7. The first-order chi connectivity index (χ1) is 6.64. The summed E-state index contributed by atoms with van der Waals surface area (Å²) < 4.78 is 5.66. The van der Waals surface area contributed by atoms with E-state index in [0.29, 0.717) is 6.42 Å². The summed E-state index contributed by atoms with van der Waals surface area (Å²) in [5, 5.41) is 0. The van der Waals surface area contributed by atoms with Crippen LogP contribution in [0.3, 0.4) is 0 Å². The van der Waals surface area contributed by atoms with E-state index in [2.05, 4.69) is 32.1 Å². The maximum atomic E-state index is 11.1. The zero-order valence-electron chi connectivity index (χ0n) is 9.99. The number of ether oxygens (including phenoxy) is 1. The van der Waals surface area contributed by atoms with E-state index in [1.807, 2.05) is 0 Å². The number of carbonyl (C=O) groups is 1. The fraction of sp³-hybridized carbons (Fsp3) is 0.727. The third-order valence-corrected chi connectivity index (χ3v) is 3.02. The molecule has 0 amide bonds. The van der Waals surface area contributed by atoms with Gasteiger partial charge in [-0.2, -0.15) is 0 Å². The van der Waals surface area contributed by atoms with Crippen molar-refractivity contribution < 1.29 is 14.0 Å². The highest BCUT2D eigenvalue weighted by atomic mass is 79.9. The van der Waals surface area contributed by atoms with Gasteiger partial charge in [0.15, 0.2) is 0 Å². The molecule has 0 aromatic rings. The van der Waals surface area contributed by atoms with Gasteiger partial charge in [-0.25, -0.2) is 0 Å². The monoisotopic (exact) mass is 280 g/mol. The minimum absolute atomic E-state index is 0. The molecule has 0 spiro atoms. The van der Waals surface area contributed by atoms with Crippen LogP contribution in [0.4, 0.5) is 0 Å². The van der Waals surface area contributed by atoms with Gasteiger partial charge in [0.1, 0.15) is 0 Å². The van der Waals surface area contributed by atoms with Crippen molar-refractivity contribution in [1.82, 2.24) is 0 Å². The number of esters is 1. The van der Waals surface area contributed by atoms with E-state index in [9.17, 15) is 4.79 Å². The van der Waals surface area contributed by atoms with Crippen LogP contribution in [0.2, 0.25) is 0 Å². The van der Waals surface area contributed by atoms with Crippen molar-refractivity contribution in [2.24, 2.45) is 0 Å². The fourth-order valence-electron chi connectivity index (χ4n) is 1.63. The van der Waals surface area contributed by atoms with E-state index >= 15 is 0 Å². The van der Waals surface area contributed by atoms with E-state index in [1.54, 1.807) is 0 Å². The molecule has 0 atom stereocenters. The molecule has 0 N–H and O–H groups in total. The Labute approximate surface area is 103 Å². The molecule has 3 nitrogen and oxygen atoms in total. The lowest BCUT2D eigenvalue weighted by Gasteiger charge is -2.35. The maximum absolute atomic E-state index is 11.1. The number of nitrogens with zero attached hydrogens (tertiary/aromatic N) is 1. The van der Waals surface area contributed by atoms with Crippen molar-refractivity contribution in [2.45, 2.75) is 27.2 Å². The Morgan fingerprint density at radius 2 is 1.73 bits per heavy atom. The van der Waals surface area contributed by atoms with Crippen LogP contribution in [0, 0.1) is 0 Å². The van der Waals surface area contributed by atoms with Gasteiger partial charge in [-0.15, -0.1) is 17.0 Å². The second kappa shape index (κ2) is 8.92. The SMILES string of the molecule is Br.C=COC(=O)CC[N+](CC)(CC)CC. The third kappa shape index (κ3) is 5.95. The number of hydrogen-bond donors (Lipinski definition) is 0. The maximum Gasteiger partial charge on any atom is 0.316 e. The Morgan fingerprint density at radius 3 is 2.07 bits per heavy atom. The van der Waals surface area contributed by atoms with Gasteiger partial charge in [-0.1, -0.05) is 6.58 Å². The molecule has 0 fully saturated rings. The molecule has 0 aromatic carbocycles. The molecule has 90 valence electrons. The predicted molar refractivity (Wildman–Crippen MR) is 68.0 cm³/mol. The van der Waals surface area contributed by atoms with Crippen LogP contribution < -0.4 is 0 Å². The lowest BCUT2D eigenvalue weighted by Crippen LogP contribution is -2.48. The molecule has 0 unspecified atom stereocenters. The third-order valence-electron chi connectivity index (χ3n) is 3.02. The summed E-state index contributed by atoms with van der Waals surface area (Å²) in [7, 11) is 0. The first kappa shape index (κ1) is 17.1. The lowest BCUT2D eigenvalue weighted by atomic mass is 10.3. The second-order valence-corrected chi connectivity index (χ2v) is 3.42. The highest BCUT2D eigenvalue weighted by Gasteiger charge is 2.21. The van der Waals surface area contributed by atoms with E-state index in [0.717, 1.165) is 30.7 Å². The standard InChI is InChI=1S/C11H22NO2.BrH/c1-5-12(6-2,7-3)10-9-11(13)14-8-4;/h8H,4-7,9-10H2,1-3H3;1H/q+1;. The zero-order valence-corrected chi connectivity index (χ0v) is 11.7. The molecular weight excluding hydrogens is 258 g/mol. The van der Waals surface area contributed by atoms with Gasteiger partial charge in [0.2, 0.25) is 0 Å². The van der Waals surface area contributed by atoms with Crippen molar-refractivity contribution >= 4 is 23.0 Å². The summed E-state index contributed by atoms with van der Waals surface area (Å²) in [6.07, 6.45) is 1.67. The predicted octanol–water partition coefficient (Wildman–Crippen LogP) is 2.52. The van der Waals surface area contributed by atoms with Crippen LogP contribution in [0.15, 0.2) is 12.8 Å². The van der Waals surface area contributed by atoms with Gasteiger partial charge in [0, 0.05) is 0 Å². The van der Waals surface area contributed by atoms with Crippen LogP contribution >= 0.6 is 17.0 Å². The molecular formula is C11H23BrNO2+. The van der Waals surface area contributed by atoms with E-state index in [4.69, 9.17) is 0 Å². The van der Waals surface area contributed by atoms with E-state index in [-0.39, 0.29) is 23.0 Å². The highest BCUT2D eigenvalue weighted by Crippen LogP contribution is 2.07. The fourth-order valence-corrected chi connectivity index (χ4v) is 1.63. The van der Waals surface area contributed by atoms with Crippen molar-refractivity contribution in [2.75, 3.05) is 26.2 Å². The van der Waals surface area contributed by atoms with E-state index < -0.39 is 0 Å². The number of hydrogen-bond acceptors (Lipinski definition) is 2. The van der Waals surface area contributed by atoms with Crippen LogP contribution in [0.25, 0.3) is 0 Å². The van der Waals surface area contributed by atoms with Crippen molar-refractivity contribution in [3.8, 4) is 0 Å². The molecule has 0 aliphatic carbocycles. The average molecular weight is 281 g/mol. The molecule has 0 radical (unpaired) electrons. The molecule has 0 bridgehead atoms. The van der Waals surface area contributed by atoms with Crippen LogP contribution in [-0.4, -0.2) is 36.6 Å². The zero-order chi connectivity index (χ0) is 11.0. The van der Waals surface area contributed by atoms with Gasteiger partial charge in [-0.3, -0.25) is 4.79 Å². The van der Waals surface area contributed by atoms with Gasteiger partial charge in [-0.05, 0) is 20.8 Å². The van der Waals surface area contributed by atoms with Crippen molar-refractivity contribution in [3.05, 3.63) is 12.8 Å². The van der Waals surface area contributed by atoms with Gasteiger partial charge < -0.3 is 9.22 Å². The van der Waals surface area contributed by atoms with Crippen molar-refractivity contribution in [3.63, 3.8) is 0 Å². The first-order valence-electron chi connectivity index (χ1n) is 5.29. The average Bonchev–Trinajstić information content (AvgIpc) is 2.21. The quantitative estimate of drug-likeness (QED) is 0.407. The number of quaternary nitrogens is 1. The molecule has 0 aliphatic heterocycles. The first-order valence-corrected chi connectivity index (χ1v) is 5.29. The molecule has 0 saturated carbocycles. The summed E-state index contributed by atoms with van der Waals surface area (Å²) in [6.45, 7) is 13.9. The summed E-state index contributed by atoms with van der Waals surface area (Å²) in [5.74, 6) is -0.183. The Hall–Kier alpha value is -0.350. The Kier molecular flexibility index (Phi) is 10.1. The summed E-state index contributed by atoms with van der Waals surface area (Å²) in [4.78, 5) is 11.1. The van der Waals surface area contributed by atoms with Gasteiger partial charge in [0.05, 0.1) is 38.9 Å². The Balaban J connectivity index is 0. The van der Waals surface area contributed by atoms with Crippen LogP contribution in [0.1, 0.15) is 27.2 Å². The minimum Gasteiger partial charge on any atom is -0.435 e. The second-order valence-electron chi connectivity index (χ2n) is 3.42. The summed E-state index contributed by atoms with van der Waals surface area (Å²) in [6, 6.07) is 0. The molecule has 0 rings (SSSR count). The Bertz CT molecular complexity index is 183. The molecule has 0 aromatic heterocycles. The highest BCUT2D eigenvalue weighted by molar-refractivity contribution is 8.93. The lowest BCUT2D eigenvalue weighted by molar-refractivity contribution is -0.922. The van der Waals surface area contributed by atoms with Crippen LogP contribution in [0.5, 0.6) is 0 Å². The summed E-state index contributed by atoms with van der Waals surface area (Å²) in [5.41, 5.74) is 0. The number of halogens is 1. The smallest absolute Gasteiger partial charge is 0.316 e. The Morgan fingerprint density at radius 1 is 1.27 bits per heavy atom. The molecule has 0 saturated heterocycles. The molecule has 4 heteroatoms. The normalized spacial score (nSPS) is 10.3. The number of carbonyl (C=O) groups excluding carboxylic acids is 1. The largest absolute Gasteiger partial charge is 0.435 e. The van der Waals surface area contributed by atoms with Crippen LogP contribution in [-0.2, 0) is 9.53 Å². The summed E-state index contributed by atoms with van der Waals surface area (Å²) >= 11 is 0. The van der Waals surface area contributed by atoms with Gasteiger partial charge >= 0.3 is 5.97 Å². The van der Waals surface area contributed by atoms with Gasteiger partial charge in [0.25, 0.3) is 0 Å². The molecule has 0 aliphatic rings. The molecule has 15 heavy (non-hydrogen) atoms. The van der Waals surface area contributed by atoms with Crippen molar-refractivity contribution in [1.29, 1.82) is 0 Å². The molecule has 0 heterocycles. The minimum atomic E-state index is -0.183. The van der Waals surface area contributed by atoms with E-state index in [1.165, 1.54) is 6.26 Å².